The molecule has 24 heavy (non-hydrogen) atoms. The minimum Gasteiger partial charge on any atom is -0.496 e. The van der Waals surface area contributed by atoms with Crippen molar-refractivity contribution < 1.29 is 9.53 Å². The molecule has 0 fully saturated rings. The van der Waals surface area contributed by atoms with Crippen LogP contribution in [-0.2, 0) is 11.2 Å². The Hall–Kier alpha value is -2.58. The number of carbonyl (C=O) groups excluding carboxylic acids is 1. The van der Waals surface area contributed by atoms with Crippen LogP contribution < -0.4 is 10.1 Å². The van der Waals surface area contributed by atoms with Crippen molar-refractivity contribution in [2.75, 3.05) is 12.4 Å². The Labute approximate surface area is 149 Å². The summed E-state index contributed by atoms with van der Waals surface area (Å²) in [5.41, 5.74) is 2.46. The molecule has 0 bridgehead atoms. The molecule has 0 aromatic heterocycles. The van der Waals surface area contributed by atoms with E-state index in [1.807, 2.05) is 36.4 Å². The lowest BCUT2D eigenvalue weighted by atomic mass is 10.1. The largest absolute Gasteiger partial charge is 0.496 e. The highest BCUT2D eigenvalue weighted by Gasteiger charge is 2.12. The fraction of sp³-hybridized carbons (Fsp3) is 0.158. The van der Waals surface area contributed by atoms with E-state index in [9.17, 15) is 10.1 Å². The van der Waals surface area contributed by atoms with Crippen molar-refractivity contribution in [2.45, 2.75) is 13.3 Å². The molecule has 1 amide bonds. The SMILES string of the molecule is CCc1ccc(NC(=O)/C(C#N)=C/c2ccccc2OC)c(Br)c1. The quantitative estimate of drug-likeness (QED) is 0.606. The van der Waals surface area contributed by atoms with Crippen LogP contribution in [0.3, 0.4) is 0 Å². The van der Waals surface area contributed by atoms with Gasteiger partial charge in [-0.05, 0) is 52.2 Å². The molecular formula is C19H17BrN2O2. The number of aryl methyl sites for hydroxylation is 1. The number of para-hydroxylation sites is 1. The highest BCUT2D eigenvalue weighted by atomic mass is 79.9. The van der Waals surface area contributed by atoms with Crippen molar-refractivity contribution in [1.82, 2.24) is 0 Å². The number of hydrogen-bond donors (Lipinski definition) is 1. The van der Waals surface area contributed by atoms with Crippen molar-refractivity contribution in [3.05, 3.63) is 63.6 Å². The van der Waals surface area contributed by atoms with Crippen molar-refractivity contribution in [3.63, 3.8) is 0 Å². The Morgan fingerprint density at radius 3 is 2.71 bits per heavy atom. The van der Waals surface area contributed by atoms with Gasteiger partial charge in [0.05, 0.1) is 12.8 Å². The van der Waals surface area contributed by atoms with Gasteiger partial charge in [-0.1, -0.05) is 31.2 Å². The number of methoxy groups -OCH3 is 1. The van der Waals surface area contributed by atoms with Gasteiger partial charge in [0.25, 0.3) is 5.91 Å². The number of hydrogen-bond acceptors (Lipinski definition) is 3. The standard InChI is InChI=1S/C19H17BrN2O2/c1-3-13-8-9-17(16(20)10-13)22-19(23)15(12-21)11-14-6-4-5-7-18(14)24-2/h4-11H,3H2,1-2H3,(H,22,23)/b15-11+. The molecule has 0 heterocycles. The van der Waals surface area contributed by atoms with E-state index in [0.717, 1.165) is 16.5 Å². The van der Waals surface area contributed by atoms with E-state index in [4.69, 9.17) is 4.74 Å². The second kappa shape index (κ2) is 8.32. The van der Waals surface area contributed by atoms with Gasteiger partial charge in [-0.2, -0.15) is 5.26 Å². The summed E-state index contributed by atoms with van der Waals surface area (Å²) >= 11 is 3.44. The van der Waals surface area contributed by atoms with Crippen molar-refractivity contribution in [1.29, 1.82) is 5.26 Å². The summed E-state index contributed by atoms with van der Waals surface area (Å²) in [5, 5.41) is 12.1. The summed E-state index contributed by atoms with van der Waals surface area (Å²) in [7, 11) is 1.55. The minimum absolute atomic E-state index is 0.00553. The average molecular weight is 385 g/mol. The van der Waals surface area contributed by atoms with Crippen LogP contribution in [0.15, 0.2) is 52.5 Å². The molecule has 4 nitrogen and oxygen atoms in total. The summed E-state index contributed by atoms with van der Waals surface area (Å²) in [6.45, 7) is 2.06. The molecule has 0 aliphatic heterocycles. The van der Waals surface area contributed by atoms with Gasteiger partial charge < -0.3 is 10.1 Å². The summed E-state index contributed by atoms with van der Waals surface area (Å²) in [5.74, 6) is 0.139. The van der Waals surface area contributed by atoms with Gasteiger partial charge in [0, 0.05) is 10.0 Å². The molecule has 2 aromatic carbocycles. The third-order valence-electron chi connectivity index (χ3n) is 3.49. The third-order valence-corrected chi connectivity index (χ3v) is 4.15. The molecule has 0 saturated heterocycles. The molecule has 0 saturated carbocycles. The summed E-state index contributed by atoms with van der Waals surface area (Å²) in [4.78, 5) is 12.4. The van der Waals surface area contributed by atoms with Gasteiger partial charge in [-0.25, -0.2) is 0 Å². The molecule has 2 rings (SSSR count). The molecule has 0 aliphatic rings. The highest BCUT2D eigenvalue weighted by molar-refractivity contribution is 9.10. The Bertz CT molecular complexity index is 822. The van der Waals surface area contributed by atoms with E-state index >= 15 is 0 Å². The van der Waals surface area contributed by atoms with E-state index in [-0.39, 0.29) is 5.57 Å². The fourth-order valence-corrected chi connectivity index (χ4v) is 2.68. The van der Waals surface area contributed by atoms with Crippen LogP contribution in [-0.4, -0.2) is 13.0 Å². The number of nitrogens with one attached hydrogen (secondary N) is 1. The first-order valence-electron chi connectivity index (χ1n) is 7.43. The number of nitriles is 1. The Morgan fingerprint density at radius 2 is 2.08 bits per heavy atom. The van der Waals surface area contributed by atoms with Crippen LogP contribution in [0.2, 0.25) is 0 Å². The first kappa shape index (κ1) is 17.8. The first-order valence-corrected chi connectivity index (χ1v) is 8.23. The monoisotopic (exact) mass is 384 g/mol. The molecule has 2 aromatic rings. The average Bonchev–Trinajstić information content (AvgIpc) is 2.61. The lowest BCUT2D eigenvalue weighted by molar-refractivity contribution is -0.112. The summed E-state index contributed by atoms with van der Waals surface area (Å²) < 4.78 is 6.02. The summed E-state index contributed by atoms with van der Waals surface area (Å²) in [6, 6.07) is 14.9. The summed E-state index contributed by atoms with van der Waals surface area (Å²) in [6.07, 6.45) is 2.42. The van der Waals surface area contributed by atoms with Gasteiger partial charge >= 0.3 is 0 Å². The molecule has 0 aliphatic carbocycles. The maximum atomic E-state index is 12.4. The van der Waals surface area contributed by atoms with Gasteiger partial charge in [0.1, 0.15) is 17.4 Å². The number of ether oxygens (including phenoxy) is 1. The second-order valence-corrected chi connectivity index (χ2v) is 5.89. The predicted molar refractivity (Wildman–Crippen MR) is 98.7 cm³/mol. The van der Waals surface area contributed by atoms with E-state index < -0.39 is 5.91 Å². The molecule has 1 N–H and O–H groups in total. The highest BCUT2D eigenvalue weighted by Crippen LogP contribution is 2.25. The molecule has 122 valence electrons. The number of rotatable bonds is 5. The number of benzene rings is 2. The van der Waals surface area contributed by atoms with Crippen LogP contribution in [0.25, 0.3) is 6.08 Å². The maximum Gasteiger partial charge on any atom is 0.266 e. The first-order chi connectivity index (χ1) is 11.6. The van der Waals surface area contributed by atoms with Crippen LogP contribution in [0.1, 0.15) is 18.1 Å². The lowest BCUT2D eigenvalue weighted by Crippen LogP contribution is -2.14. The van der Waals surface area contributed by atoms with Gasteiger partial charge in [0.2, 0.25) is 0 Å². The van der Waals surface area contributed by atoms with Crippen LogP contribution in [0.5, 0.6) is 5.75 Å². The lowest BCUT2D eigenvalue weighted by Gasteiger charge is -2.09. The minimum atomic E-state index is -0.464. The van der Waals surface area contributed by atoms with Crippen LogP contribution >= 0.6 is 15.9 Å². The molecular weight excluding hydrogens is 368 g/mol. The van der Waals surface area contributed by atoms with Crippen molar-refractivity contribution >= 4 is 33.6 Å². The van der Waals surface area contributed by atoms with E-state index in [2.05, 4.69) is 28.2 Å². The molecule has 0 radical (unpaired) electrons. The number of anilines is 1. The van der Waals surface area contributed by atoms with Gasteiger partial charge in [-0.3, -0.25) is 4.79 Å². The van der Waals surface area contributed by atoms with Crippen LogP contribution in [0.4, 0.5) is 5.69 Å². The van der Waals surface area contributed by atoms with E-state index in [1.54, 1.807) is 19.2 Å². The zero-order chi connectivity index (χ0) is 17.5. The van der Waals surface area contributed by atoms with Gasteiger partial charge in [-0.15, -0.1) is 0 Å². The zero-order valence-electron chi connectivity index (χ0n) is 13.5. The van der Waals surface area contributed by atoms with Crippen LogP contribution in [0, 0.1) is 11.3 Å². The Kier molecular flexibility index (Phi) is 6.16. The number of halogens is 1. The zero-order valence-corrected chi connectivity index (χ0v) is 15.1. The maximum absolute atomic E-state index is 12.4. The smallest absolute Gasteiger partial charge is 0.266 e. The molecule has 0 spiro atoms. The third kappa shape index (κ3) is 4.24. The van der Waals surface area contributed by atoms with Crippen molar-refractivity contribution in [3.8, 4) is 11.8 Å². The number of amides is 1. The van der Waals surface area contributed by atoms with Crippen molar-refractivity contribution in [2.24, 2.45) is 0 Å². The van der Waals surface area contributed by atoms with E-state index in [1.165, 1.54) is 6.08 Å². The molecule has 0 unspecified atom stereocenters. The molecule has 5 heteroatoms. The predicted octanol–water partition coefficient (Wildman–Crippen LogP) is 4.57. The second-order valence-electron chi connectivity index (χ2n) is 5.03. The molecule has 0 atom stereocenters. The van der Waals surface area contributed by atoms with Gasteiger partial charge in [0.15, 0.2) is 0 Å². The Balaban J connectivity index is 2.27. The number of carbonyl (C=O) groups is 1. The Morgan fingerprint density at radius 1 is 1.33 bits per heavy atom. The van der Waals surface area contributed by atoms with E-state index in [0.29, 0.717) is 17.0 Å². The number of nitrogens with zero attached hydrogens (tertiary/aromatic N) is 1. The fourth-order valence-electron chi connectivity index (χ4n) is 2.16. The topological polar surface area (TPSA) is 62.1 Å². The normalized spacial score (nSPS) is 10.8.